The number of thioether (sulfide) groups is 1. The summed E-state index contributed by atoms with van der Waals surface area (Å²) < 4.78 is 0. The minimum absolute atomic E-state index is 0.0992. The van der Waals surface area contributed by atoms with Gasteiger partial charge in [-0.15, -0.1) is 0 Å². The molecule has 27 heavy (non-hydrogen) atoms. The summed E-state index contributed by atoms with van der Waals surface area (Å²) in [5.41, 5.74) is 3.16. The van der Waals surface area contributed by atoms with Crippen molar-refractivity contribution in [1.29, 1.82) is 0 Å². The van der Waals surface area contributed by atoms with Crippen LogP contribution in [0.25, 0.3) is 0 Å². The summed E-state index contributed by atoms with van der Waals surface area (Å²) >= 11 is 1.54. The Bertz CT molecular complexity index is 806. The third-order valence-corrected chi connectivity index (χ3v) is 4.70. The SMILES string of the molecule is CC(=O)NCc1ccc(C(=O)Nc2cccc(CSCCC(=O)O)c2)cc1. The molecule has 0 aromatic heterocycles. The van der Waals surface area contributed by atoms with Crippen molar-refractivity contribution in [1.82, 2.24) is 5.32 Å². The van der Waals surface area contributed by atoms with Gasteiger partial charge in [0.15, 0.2) is 0 Å². The maximum absolute atomic E-state index is 12.4. The fourth-order valence-electron chi connectivity index (χ4n) is 2.29. The molecule has 0 bridgehead atoms. The maximum atomic E-state index is 12.4. The molecule has 0 unspecified atom stereocenters. The number of amides is 2. The predicted molar refractivity (Wildman–Crippen MR) is 107 cm³/mol. The summed E-state index contributed by atoms with van der Waals surface area (Å²) in [4.78, 5) is 33.8. The third-order valence-electron chi connectivity index (χ3n) is 3.67. The number of carboxylic acid groups (broad SMARTS) is 1. The molecule has 3 N–H and O–H groups in total. The highest BCUT2D eigenvalue weighted by Gasteiger charge is 2.07. The van der Waals surface area contributed by atoms with Crippen LogP contribution in [0.1, 0.15) is 34.8 Å². The van der Waals surface area contributed by atoms with Gasteiger partial charge in [-0.05, 0) is 35.4 Å². The first kappa shape index (κ1) is 20.5. The maximum Gasteiger partial charge on any atom is 0.304 e. The topological polar surface area (TPSA) is 95.5 Å². The standard InChI is InChI=1S/C20H22N2O4S/c1-14(23)21-12-15-5-7-17(8-6-15)20(26)22-18-4-2-3-16(11-18)13-27-10-9-19(24)25/h2-8,11H,9-10,12-13H2,1H3,(H,21,23)(H,22,26)(H,24,25). The van der Waals surface area contributed by atoms with Gasteiger partial charge in [-0.2, -0.15) is 11.8 Å². The smallest absolute Gasteiger partial charge is 0.304 e. The van der Waals surface area contributed by atoms with E-state index in [-0.39, 0.29) is 18.2 Å². The molecule has 2 rings (SSSR count). The van der Waals surface area contributed by atoms with E-state index in [0.29, 0.717) is 29.3 Å². The van der Waals surface area contributed by atoms with E-state index in [9.17, 15) is 14.4 Å². The van der Waals surface area contributed by atoms with Gasteiger partial charge in [0.1, 0.15) is 0 Å². The first-order chi connectivity index (χ1) is 12.9. The Hall–Kier alpha value is -2.80. The molecule has 142 valence electrons. The Labute approximate surface area is 162 Å². The van der Waals surface area contributed by atoms with Crippen molar-refractivity contribution in [3.05, 3.63) is 65.2 Å². The average Bonchev–Trinajstić information content (AvgIpc) is 2.64. The van der Waals surface area contributed by atoms with Gasteiger partial charge in [-0.1, -0.05) is 24.3 Å². The Morgan fingerprint density at radius 3 is 2.44 bits per heavy atom. The lowest BCUT2D eigenvalue weighted by molar-refractivity contribution is -0.136. The molecule has 2 aromatic rings. The highest BCUT2D eigenvalue weighted by atomic mass is 32.2. The number of hydrogen-bond acceptors (Lipinski definition) is 4. The second-order valence-electron chi connectivity index (χ2n) is 5.96. The van der Waals surface area contributed by atoms with Crippen LogP contribution in [0, 0.1) is 0 Å². The average molecular weight is 386 g/mol. The van der Waals surface area contributed by atoms with Crippen LogP contribution in [0.3, 0.4) is 0 Å². The lowest BCUT2D eigenvalue weighted by atomic mass is 10.1. The van der Waals surface area contributed by atoms with Crippen LogP contribution in [-0.4, -0.2) is 28.6 Å². The molecule has 0 fully saturated rings. The van der Waals surface area contributed by atoms with Gasteiger partial charge in [0.2, 0.25) is 5.91 Å². The molecule has 2 aromatic carbocycles. The van der Waals surface area contributed by atoms with Crippen molar-refractivity contribution in [2.24, 2.45) is 0 Å². The lowest BCUT2D eigenvalue weighted by Crippen LogP contribution is -2.19. The number of hydrogen-bond donors (Lipinski definition) is 3. The molecular formula is C20H22N2O4S. The number of nitrogens with one attached hydrogen (secondary N) is 2. The molecule has 0 saturated heterocycles. The Morgan fingerprint density at radius 2 is 1.78 bits per heavy atom. The number of aliphatic carboxylic acids is 1. The molecule has 0 heterocycles. The molecule has 7 heteroatoms. The summed E-state index contributed by atoms with van der Waals surface area (Å²) in [5, 5.41) is 14.2. The second kappa shape index (κ2) is 10.4. The number of benzene rings is 2. The van der Waals surface area contributed by atoms with Crippen LogP contribution >= 0.6 is 11.8 Å². The summed E-state index contributed by atoms with van der Waals surface area (Å²) in [6.45, 7) is 1.89. The largest absolute Gasteiger partial charge is 0.481 e. The van der Waals surface area contributed by atoms with Crippen LogP contribution < -0.4 is 10.6 Å². The molecule has 2 amide bonds. The van der Waals surface area contributed by atoms with E-state index in [4.69, 9.17) is 5.11 Å². The monoisotopic (exact) mass is 386 g/mol. The van der Waals surface area contributed by atoms with Crippen molar-refractivity contribution in [3.63, 3.8) is 0 Å². The Kier molecular flexibility index (Phi) is 7.88. The molecule has 0 aliphatic carbocycles. The highest BCUT2D eigenvalue weighted by Crippen LogP contribution is 2.18. The number of rotatable bonds is 9. The summed E-state index contributed by atoms with van der Waals surface area (Å²) in [6.07, 6.45) is 0.138. The van der Waals surface area contributed by atoms with Crippen LogP contribution in [0.5, 0.6) is 0 Å². The minimum atomic E-state index is -0.799. The van der Waals surface area contributed by atoms with Crippen molar-refractivity contribution in [3.8, 4) is 0 Å². The zero-order chi connectivity index (χ0) is 19.6. The van der Waals surface area contributed by atoms with Gasteiger partial charge < -0.3 is 15.7 Å². The Balaban J connectivity index is 1.90. The molecule has 6 nitrogen and oxygen atoms in total. The van der Waals surface area contributed by atoms with Crippen LogP contribution in [0.4, 0.5) is 5.69 Å². The van der Waals surface area contributed by atoms with Gasteiger partial charge in [-0.3, -0.25) is 14.4 Å². The number of carbonyl (C=O) groups is 3. The molecule has 0 atom stereocenters. The molecular weight excluding hydrogens is 364 g/mol. The van der Waals surface area contributed by atoms with Gasteiger partial charge in [0, 0.05) is 36.2 Å². The highest BCUT2D eigenvalue weighted by molar-refractivity contribution is 7.98. The van der Waals surface area contributed by atoms with Crippen LogP contribution in [-0.2, 0) is 21.9 Å². The fourth-order valence-corrected chi connectivity index (χ4v) is 3.17. The van der Waals surface area contributed by atoms with E-state index in [1.165, 1.54) is 6.92 Å². The first-order valence-corrected chi connectivity index (χ1v) is 9.62. The van der Waals surface area contributed by atoms with Gasteiger partial charge in [0.25, 0.3) is 5.91 Å². The van der Waals surface area contributed by atoms with Gasteiger partial charge in [-0.25, -0.2) is 0 Å². The van der Waals surface area contributed by atoms with E-state index in [1.54, 1.807) is 36.0 Å². The number of carboxylic acids is 1. The summed E-state index contributed by atoms with van der Waals surface area (Å²) in [7, 11) is 0. The van der Waals surface area contributed by atoms with Gasteiger partial charge >= 0.3 is 5.97 Å². The second-order valence-corrected chi connectivity index (χ2v) is 7.06. The fraction of sp³-hybridized carbons (Fsp3) is 0.250. The predicted octanol–water partition coefficient (Wildman–Crippen LogP) is 3.28. The van der Waals surface area contributed by atoms with Crippen LogP contribution in [0.15, 0.2) is 48.5 Å². The molecule has 0 saturated carbocycles. The van der Waals surface area contributed by atoms with E-state index in [1.807, 2.05) is 24.3 Å². The van der Waals surface area contributed by atoms with E-state index in [0.717, 1.165) is 11.1 Å². The zero-order valence-electron chi connectivity index (χ0n) is 15.0. The van der Waals surface area contributed by atoms with E-state index < -0.39 is 5.97 Å². The quantitative estimate of drug-likeness (QED) is 0.575. The van der Waals surface area contributed by atoms with Crippen molar-refractivity contribution >= 4 is 35.2 Å². The lowest BCUT2D eigenvalue weighted by Gasteiger charge is -2.08. The molecule has 0 aliphatic rings. The number of anilines is 1. The zero-order valence-corrected chi connectivity index (χ0v) is 15.8. The van der Waals surface area contributed by atoms with Crippen LogP contribution in [0.2, 0.25) is 0 Å². The summed E-state index contributed by atoms with van der Waals surface area (Å²) in [5.74, 6) is 0.132. The minimum Gasteiger partial charge on any atom is -0.481 e. The van der Waals surface area contributed by atoms with E-state index in [2.05, 4.69) is 10.6 Å². The normalized spacial score (nSPS) is 10.3. The molecule has 0 aliphatic heterocycles. The van der Waals surface area contributed by atoms with Crippen molar-refractivity contribution in [2.45, 2.75) is 25.6 Å². The first-order valence-electron chi connectivity index (χ1n) is 8.47. The molecule has 0 spiro atoms. The van der Waals surface area contributed by atoms with E-state index >= 15 is 0 Å². The van der Waals surface area contributed by atoms with Crippen molar-refractivity contribution < 1.29 is 19.5 Å². The number of carbonyl (C=O) groups excluding carboxylic acids is 2. The molecule has 0 radical (unpaired) electrons. The van der Waals surface area contributed by atoms with Gasteiger partial charge in [0.05, 0.1) is 6.42 Å². The Morgan fingerprint density at radius 1 is 1.04 bits per heavy atom. The van der Waals surface area contributed by atoms with Crippen molar-refractivity contribution in [2.75, 3.05) is 11.1 Å². The summed E-state index contributed by atoms with van der Waals surface area (Å²) in [6, 6.07) is 14.6. The third kappa shape index (κ3) is 7.53.